The summed E-state index contributed by atoms with van der Waals surface area (Å²) >= 11 is 5.91. The number of ether oxygens (including phenoxy) is 1. The topological polar surface area (TPSA) is 71.5 Å². The van der Waals surface area contributed by atoms with Gasteiger partial charge in [0.25, 0.3) is 0 Å². The second kappa shape index (κ2) is 7.97. The standard InChI is InChI=1S/C13H22ClN5O2/c1-6-7-19(8-10(20)18(4)5)12-15-11(14)16-13(17-12)21-9(2)3/h9H,6-8H2,1-5H3. The Morgan fingerprint density at radius 1 is 1.29 bits per heavy atom. The van der Waals surface area contributed by atoms with Gasteiger partial charge < -0.3 is 14.5 Å². The molecule has 1 aromatic heterocycles. The Labute approximate surface area is 130 Å². The minimum Gasteiger partial charge on any atom is -0.461 e. The van der Waals surface area contributed by atoms with E-state index in [1.54, 1.807) is 19.0 Å². The molecule has 0 saturated carbocycles. The van der Waals surface area contributed by atoms with Crippen molar-refractivity contribution in [3.05, 3.63) is 5.28 Å². The molecule has 7 nitrogen and oxygen atoms in total. The molecule has 0 N–H and O–H groups in total. The number of carbonyl (C=O) groups excluding carboxylic acids is 1. The highest BCUT2D eigenvalue weighted by Crippen LogP contribution is 2.16. The van der Waals surface area contributed by atoms with Crippen LogP contribution in [0.1, 0.15) is 27.2 Å². The maximum Gasteiger partial charge on any atom is 0.322 e. The van der Waals surface area contributed by atoms with Gasteiger partial charge in [-0.25, -0.2) is 0 Å². The molecule has 0 bridgehead atoms. The summed E-state index contributed by atoms with van der Waals surface area (Å²) in [6.07, 6.45) is 0.782. The lowest BCUT2D eigenvalue weighted by molar-refractivity contribution is -0.127. The Kier molecular flexibility index (Phi) is 6.61. The molecule has 0 aliphatic heterocycles. The highest BCUT2D eigenvalue weighted by atomic mass is 35.5. The minimum absolute atomic E-state index is 0.0358. The van der Waals surface area contributed by atoms with Crippen molar-refractivity contribution in [3.63, 3.8) is 0 Å². The Morgan fingerprint density at radius 3 is 2.48 bits per heavy atom. The number of nitrogens with zero attached hydrogens (tertiary/aromatic N) is 5. The van der Waals surface area contributed by atoms with E-state index in [1.165, 1.54) is 4.90 Å². The summed E-state index contributed by atoms with van der Waals surface area (Å²) in [5, 5.41) is 0.0501. The van der Waals surface area contributed by atoms with Crippen molar-refractivity contribution in [3.8, 4) is 6.01 Å². The van der Waals surface area contributed by atoms with Gasteiger partial charge in [0, 0.05) is 20.6 Å². The number of hydrogen-bond acceptors (Lipinski definition) is 6. The predicted molar refractivity (Wildman–Crippen MR) is 81.8 cm³/mol. The number of carbonyl (C=O) groups is 1. The van der Waals surface area contributed by atoms with Gasteiger partial charge in [0.1, 0.15) is 0 Å². The third-order valence-electron chi connectivity index (χ3n) is 2.52. The molecule has 1 aromatic rings. The van der Waals surface area contributed by atoms with Gasteiger partial charge in [-0.15, -0.1) is 0 Å². The van der Waals surface area contributed by atoms with Crippen molar-refractivity contribution in [2.75, 3.05) is 32.1 Å². The lowest BCUT2D eigenvalue weighted by Crippen LogP contribution is -2.38. The largest absolute Gasteiger partial charge is 0.461 e. The number of anilines is 1. The fourth-order valence-corrected chi connectivity index (χ4v) is 1.70. The maximum atomic E-state index is 11.9. The van der Waals surface area contributed by atoms with Crippen molar-refractivity contribution >= 4 is 23.5 Å². The normalized spacial score (nSPS) is 10.6. The fraction of sp³-hybridized carbons (Fsp3) is 0.692. The molecule has 118 valence electrons. The van der Waals surface area contributed by atoms with E-state index < -0.39 is 0 Å². The molecule has 0 aromatic carbocycles. The summed E-state index contributed by atoms with van der Waals surface area (Å²) in [5.74, 6) is 0.314. The third kappa shape index (κ3) is 5.71. The van der Waals surface area contributed by atoms with Crippen LogP contribution in [0.2, 0.25) is 5.28 Å². The smallest absolute Gasteiger partial charge is 0.322 e. The first-order chi connectivity index (χ1) is 9.83. The van der Waals surface area contributed by atoms with Gasteiger partial charge in [-0.05, 0) is 31.9 Å². The Bertz CT molecular complexity index is 482. The summed E-state index contributed by atoms with van der Waals surface area (Å²) in [7, 11) is 3.42. The van der Waals surface area contributed by atoms with E-state index in [9.17, 15) is 4.79 Å². The molecule has 0 spiro atoms. The molecule has 0 aliphatic rings. The van der Waals surface area contributed by atoms with E-state index in [0.717, 1.165) is 6.42 Å². The number of amides is 1. The van der Waals surface area contributed by atoms with E-state index in [0.29, 0.717) is 12.5 Å². The molecule has 0 unspecified atom stereocenters. The molecule has 0 radical (unpaired) electrons. The van der Waals surface area contributed by atoms with Crippen LogP contribution in [-0.4, -0.2) is 59.0 Å². The van der Waals surface area contributed by atoms with Crippen molar-refractivity contribution in [2.45, 2.75) is 33.3 Å². The van der Waals surface area contributed by atoms with Crippen LogP contribution >= 0.6 is 11.6 Å². The lowest BCUT2D eigenvalue weighted by atomic mass is 10.4. The Morgan fingerprint density at radius 2 is 1.95 bits per heavy atom. The molecule has 21 heavy (non-hydrogen) atoms. The zero-order chi connectivity index (χ0) is 16.0. The van der Waals surface area contributed by atoms with Crippen molar-refractivity contribution < 1.29 is 9.53 Å². The minimum atomic E-state index is -0.0700. The highest BCUT2D eigenvalue weighted by molar-refractivity contribution is 6.28. The van der Waals surface area contributed by atoms with Gasteiger partial charge >= 0.3 is 6.01 Å². The molecule has 1 rings (SSSR count). The average molecular weight is 316 g/mol. The van der Waals surface area contributed by atoms with Gasteiger partial charge in [0.2, 0.25) is 17.1 Å². The SMILES string of the molecule is CCCN(CC(=O)N(C)C)c1nc(Cl)nc(OC(C)C)n1. The molecular formula is C13H22ClN5O2. The first-order valence-corrected chi connectivity index (χ1v) is 7.24. The third-order valence-corrected chi connectivity index (χ3v) is 2.69. The van der Waals surface area contributed by atoms with Gasteiger partial charge in [0.15, 0.2) is 0 Å². The first-order valence-electron chi connectivity index (χ1n) is 6.86. The van der Waals surface area contributed by atoms with Crippen LogP contribution in [0.5, 0.6) is 6.01 Å². The number of rotatable bonds is 7. The van der Waals surface area contributed by atoms with E-state index in [-0.39, 0.29) is 29.8 Å². The van der Waals surface area contributed by atoms with Gasteiger partial charge in [-0.1, -0.05) is 6.92 Å². The molecule has 8 heteroatoms. The van der Waals surface area contributed by atoms with Crippen LogP contribution in [0.15, 0.2) is 0 Å². The monoisotopic (exact) mass is 315 g/mol. The lowest BCUT2D eigenvalue weighted by Gasteiger charge is -2.23. The quantitative estimate of drug-likeness (QED) is 0.761. The number of hydrogen-bond donors (Lipinski definition) is 0. The fourth-order valence-electron chi connectivity index (χ4n) is 1.55. The molecule has 0 atom stereocenters. The van der Waals surface area contributed by atoms with Crippen LogP contribution in [0.3, 0.4) is 0 Å². The molecule has 1 heterocycles. The average Bonchev–Trinajstić information content (AvgIpc) is 2.36. The summed E-state index contributed by atoms with van der Waals surface area (Å²) in [6.45, 7) is 6.58. The van der Waals surface area contributed by atoms with E-state index in [4.69, 9.17) is 16.3 Å². The van der Waals surface area contributed by atoms with Crippen LogP contribution < -0.4 is 9.64 Å². The molecule has 0 fully saturated rings. The Hall–Kier alpha value is -1.63. The van der Waals surface area contributed by atoms with Crippen molar-refractivity contribution in [2.24, 2.45) is 0 Å². The molecule has 1 amide bonds. The zero-order valence-corrected chi connectivity index (χ0v) is 13.9. The highest BCUT2D eigenvalue weighted by Gasteiger charge is 2.17. The summed E-state index contributed by atoms with van der Waals surface area (Å²) in [5.41, 5.74) is 0. The second-order valence-corrected chi connectivity index (χ2v) is 5.40. The Balaban J connectivity index is 3.01. The first kappa shape index (κ1) is 17.4. The van der Waals surface area contributed by atoms with E-state index >= 15 is 0 Å². The summed E-state index contributed by atoms with van der Waals surface area (Å²) in [4.78, 5) is 27.4. The van der Waals surface area contributed by atoms with Gasteiger partial charge in [-0.3, -0.25) is 4.79 Å². The summed E-state index contributed by atoms with van der Waals surface area (Å²) in [6, 6.07) is 0.165. The van der Waals surface area contributed by atoms with Gasteiger partial charge in [-0.2, -0.15) is 15.0 Å². The molecule has 0 aliphatic carbocycles. The second-order valence-electron chi connectivity index (χ2n) is 5.06. The van der Waals surface area contributed by atoms with Crippen molar-refractivity contribution in [1.82, 2.24) is 19.9 Å². The number of aromatic nitrogens is 3. The van der Waals surface area contributed by atoms with Crippen LogP contribution in [0, 0.1) is 0 Å². The summed E-state index contributed by atoms with van der Waals surface area (Å²) < 4.78 is 5.45. The van der Waals surface area contributed by atoms with E-state index in [1.807, 2.05) is 20.8 Å². The zero-order valence-electron chi connectivity index (χ0n) is 13.1. The van der Waals surface area contributed by atoms with Crippen molar-refractivity contribution in [1.29, 1.82) is 0 Å². The van der Waals surface area contributed by atoms with Crippen LogP contribution in [0.4, 0.5) is 5.95 Å². The number of halogens is 1. The predicted octanol–water partition coefficient (Wildman–Crippen LogP) is 1.62. The van der Waals surface area contributed by atoms with Crippen LogP contribution in [0.25, 0.3) is 0 Å². The molecular weight excluding hydrogens is 294 g/mol. The van der Waals surface area contributed by atoms with Gasteiger partial charge in [0.05, 0.1) is 12.6 Å². The molecule has 0 saturated heterocycles. The number of likely N-dealkylation sites (N-methyl/N-ethyl adjacent to an activating group) is 1. The van der Waals surface area contributed by atoms with Crippen LogP contribution in [-0.2, 0) is 4.79 Å². The maximum absolute atomic E-state index is 11.9. The van der Waals surface area contributed by atoms with E-state index in [2.05, 4.69) is 15.0 Å².